The van der Waals surface area contributed by atoms with E-state index < -0.39 is 0 Å². The highest BCUT2D eigenvalue weighted by atomic mass is 32.2. The molecule has 1 saturated heterocycles. The molecule has 0 saturated carbocycles. The molecule has 3 nitrogen and oxygen atoms in total. The molecule has 3 rings (SSSR count). The molecule has 0 atom stereocenters. The summed E-state index contributed by atoms with van der Waals surface area (Å²) >= 11 is 1.65. The van der Waals surface area contributed by atoms with Gasteiger partial charge in [-0.2, -0.15) is 4.99 Å². The van der Waals surface area contributed by atoms with Gasteiger partial charge in [0.05, 0.1) is 0 Å². The van der Waals surface area contributed by atoms with E-state index in [9.17, 15) is 4.79 Å². The Kier molecular flexibility index (Phi) is 4.36. The number of amidine groups is 1. The first kappa shape index (κ1) is 13.9. The molecule has 1 fully saturated rings. The predicted octanol–water partition coefficient (Wildman–Crippen LogP) is 3.43. The third kappa shape index (κ3) is 3.52. The Balaban J connectivity index is 1.74. The van der Waals surface area contributed by atoms with Gasteiger partial charge in [-0.05, 0) is 17.7 Å². The Morgan fingerprint density at radius 3 is 2.43 bits per heavy atom. The van der Waals surface area contributed by atoms with E-state index in [4.69, 9.17) is 0 Å². The van der Waals surface area contributed by atoms with E-state index in [1.807, 2.05) is 36.4 Å². The number of rotatable bonds is 3. The molecule has 0 bridgehead atoms. The average molecular weight is 296 g/mol. The van der Waals surface area contributed by atoms with Crippen LogP contribution in [-0.4, -0.2) is 28.3 Å². The third-order valence-electron chi connectivity index (χ3n) is 3.30. The standard InChI is InChI=1S/C17H16N2OS/c20-16(15-9-5-2-6-10-15)18-17-19(11-12-21-17)13-14-7-3-1-4-8-14/h1-10H,11-13H2. The minimum Gasteiger partial charge on any atom is -0.346 e. The van der Waals surface area contributed by atoms with Crippen molar-refractivity contribution in [2.75, 3.05) is 12.3 Å². The summed E-state index contributed by atoms with van der Waals surface area (Å²) in [5, 5.41) is 0.827. The summed E-state index contributed by atoms with van der Waals surface area (Å²) in [6, 6.07) is 19.5. The first-order valence-electron chi connectivity index (χ1n) is 6.93. The van der Waals surface area contributed by atoms with Gasteiger partial charge in [-0.1, -0.05) is 60.3 Å². The topological polar surface area (TPSA) is 32.7 Å². The van der Waals surface area contributed by atoms with Crippen molar-refractivity contribution in [1.82, 2.24) is 4.90 Å². The normalized spacial score (nSPS) is 16.4. The van der Waals surface area contributed by atoms with Gasteiger partial charge in [-0.3, -0.25) is 4.79 Å². The number of hydrogen-bond acceptors (Lipinski definition) is 2. The molecule has 1 heterocycles. The molecule has 0 aromatic heterocycles. The lowest BCUT2D eigenvalue weighted by Gasteiger charge is -2.17. The molecular weight excluding hydrogens is 280 g/mol. The van der Waals surface area contributed by atoms with Gasteiger partial charge in [0.15, 0.2) is 5.17 Å². The summed E-state index contributed by atoms with van der Waals surface area (Å²) in [6.45, 7) is 1.73. The van der Waals surface area contributed by atoms with Crippen LogP contribution in [0, 0.1) is 0 Å². The van der Waals surface area contributed by atoms with Crippen molar-refractivity contribution in [3.05, 3.63) is 71.8 Å². The third-order valence-corrected chi connectivity index (χ3v) is 4.29. The summed E-state index contributed by atoms with van der Waals surface area (Å²) < 4.78 is 0. The Labute approximate surface area is 128 Å². The van der Waals surface area contributed by atoms with Gasteiger partial charge < -0.3 is 4.90 Å². The smallest absolute Gasteiger partial charge is 0.279 e. The number of amides is 1. The van der Waals surface area contributed by atoms with Gasteiger partial charge in [0.25, 0.3) is 5.91 Å². The summed E-state index contributed by atoms with van der Waals surface area (Å²) in [6.07, 6.45) is 0. The minimum absolute atomic E-state index is 0.168. The van der Waals surface area contributed by atoms with E-state index >= 15 is 0 Å². The van der Waals surface area contributed by atoms with Crippen molar-refractivity contribution in [3.8, 4) is 0 Å². The van der Waals surface area contributed by atoms with E-state index in [-0.39, 0.29) is 5.91 Å². The highest BCUT2D eigenvalue weighted by Crippen LogP contribution is 2.21. The zero-order valence-corrected chi connectivity index (χ0v) is 12.4. The predicted molar refractivity (Wildman–Crippen MR) is 87.5 cm³/mol. The highest BCUT2D eigenvalue weighted by Gasteiger charge is 2.21. The maximum atomic E-state index is 12.2. The van der Waals surface area contributed by atoms with Crippen molar-refractivity contribution in [1.29, 1.82) is 0 Å². The molecule has 1 aliphatic rings. The summed E-state index contributed by atoms with van der Waals surface area (Å²) in [5.74, 6) is 0.811. The molecule has 0 N–H and O–H groups in total. The molecule has 0 spiro atoms. The van der Waals surface area contributed by atoms with Crippen molar-refractivity contribution < 1.29 is 4.79 Å². The second-order valence-electron chi connectivity index (χ2n) is 4.82. The number of benzene rings is 2. The number of aliphatic imine (C=N–C) groups is 1. The lowest BCUT2D eigenvalue weighted by Crippen LogP contribution is -2.24. The van der Waals surface area contributed by atoms with E-state index in [2.05, 4.69) is 22.0 Å². The number of carbonyl (C=O) groups excluding carboxylic acids is 1. The number of nitrogens with zero attached hydrogens (tertiary/aromatic N) is 2. The van der Waals surface area contributed by atoms with Crippen LogP contribution in [0.5, 0.6) is 0 Å². The van der Waals surface area contributed by atoms with Crippen LogP contribution in [0.15, 0.2) is 65.7 Å². The van der Waals surface area contributed by atoms with Gasteiger partial charge in [-0.25, -0.2) is 0 Å². The second kappa shape index (κ2) is 6.59. The van der Waals surface area contributed by atoms with Gasteiger partial charge in [0.1, 0.15) is 0 Å². The van der Waals surface area contributed by atoms with Crippen molar-refractivity contribution in [3.63, 3.8) is 0 Å². The summed E-state index contributed by atoms with van der Waals surface area (Å²) in [4.78, 5) is 18.6. The molecule has 2 aromatic carbocycles. The maximum absolute atomic E-state index is 12.2. The molecule has 1 aliphatic heterocycles. The Hall–Kier alpha value is -2.07. The Morgan fingerprint density at radius 2 is 1.71 bits per heavy atom. The van der Waals surface area contributed by atoms with Gasteiger partial charge >= 0.3 is 0 Å². The van der Waals surface area contributed by atoms with Crippen LogP contribution in [0.25, 0.3) is 0 Å². The van der Waals surface area contributed by atoms with Crippen LogP contribution < -0.4 is 0 Å². The first-order valence-corrected chi connectivity index (χ1v) is 7.91. The maximum Gasteiger partial charge on any atom is 0.279 e. The van der Waals surface area contributed by atoms with Crippen LogP contribution in [0.4, 0.5) is 0 Å². The molecule has 21 heavy (non-hydrogen) atoms. The SMILES string of the molecule is O=C(N=C1SCCN1Cc1ccccc1)c1ccccc1. The van der Waals surface area contributed by atoms with Crippen molar-refractivity contribution in [2.45, 2.75) is 6.54 Å². The lowest BCUT2D eigenvalue weighted by molar-refractivity contribution is 0.100. The van der Waals surface area contributed by atoms with Gasteiger partial charge in [0.2, 0.25) is 0 Å². The van der Waals surface area contributed by atoms with Crippen LogP contribution in [0.1, 0.15) is 15.9 Å². The highest BCUT2D eigenvalue weighted by molar-refractivity contribution is 8.14. The summed E-state index contributed by atoms with van der Waals surface area (Å²) in [7, 11) is 0. The fourth-order valence-corrected chi connectivity index (χ4v) is 3.20. The molecule has 106 valence electrons. The zero-order chi connectivity index (χ0) is 14.5. The van der Waals surface area contributed by atoms with Crippen LogP contribution >= 0.6 is 11.8 Å². The average Bonchev–Trinajstić information content (AvgIpc) is 2.96. The van der Waals surface area contributed by atoms with Crippen molar-refractivity contribution >= 4 is 22.8 Å². The molecule has 0 aliphatic carbocycles. The molecular formula is C17H16N2OS. The number of carbonyl (C=O) groups is 1. The van der Waals surface area contributed by atoms with Crippen LogP contribution in [-0.2, 0) is 6.54 Å². The molecule has 1 amide bonds. The minimum atomic E-state index is -0.168. The fourth-order valence-electron chi connectivity index (χ4n) is 2.22. The Bertz CT molecular complexity index is 640. The largest absolute Gasteiger partial charge is 0.346 e. The van der Waals surface area contributed by atoms with Crippen LogP contribution in [0.3, 0.4) is 0 Å². The second-order valence-corrected chi connectivity index (χ2v) is 5.88. The van der Waals surface area contributed by atoms with Crippen LogP contribution in [0.2, 0.25) is 0 Å². The van der Waals surface area contributed by atoms with E-state index in [0.717, 1.165) is 24.0 Å². The van der Waals surface area contributed by atoms with Gasteiger partial charge in [0, 0.05) is 24.4 Å². The fraction of sp³-hybridized carbons (Fsp3) is 0.176. The summed E-state index contributed by atoms with van der Waals surface area (Å²) in [5.41, 5.74) is 1.87. The zero-order valence-electron chi connectivity index (χ0n) is 11.6. The quantitative estimate of drug-likeness (QED) is 0.870. The first-order chi connectivity index (χ1) is 10.3. The van der Waals surface area contributed by atoms with Crippen molar-refractivity contribution in [2.24, 2.45) is 4.99 Å². The molecule has 0 radical (unpaired) electrons. The lowest BCUT2D eigenvalue weighted by atomic mass is 10.2. The number of hydrogen-bond donors (Lipinski definition) is 0. The van der Waals surface area contributed by atoms with Gasteiger partial charge in [-0.15, -0.1) is 0 Å². The monoisotopic (exact) mass is 296 g/mol. The molecule has 4 heteroatoms. The molecule has 0 unspecified atom stereocenters. The Morgan fingerprint density at radius 1 is 1.05 bits per heavy atom. The van der Waals surface area contributed by atoms with E-state index in [0.29, 0.717) is 5.56 Å². The van der Waals surface area contributed by atoms with E-state index in [1.54, 1.807) is 23.9 Å². The number of thioether (sulfide) groups is 1. The van der Waals surface area contributed by atoms with E-state index in [1.165, 1.54) is 5.56 Å². The molecule has 2 aromatic rings.